The molecular formula is C15H16N2O3S. The highest BCUT2D eigenvalue weighted by Crippen LogP contribution is 2.21. The Morgan fingerprint density at radius 1 is 1.29 bits per heavy atom. The number of aliphatic carboxylic acids is 1. The van der Waals surface area contributed by atoms with Gasteiger partial charge in [-0.05, 0) is 19.4 Å². The van der Waals surface area contributed by atoms with Gasteiger partial charge < -0.3 is 10.4 Å². The highest BCUT2D eigenvalue weighted by molar-refractivity contribution is 7.13. The van der Waals surface area contributed by atoms with E-state index in [9.17, 15) is 9.59 Å². The first-order valence-electron chi connectivity index (χ1n) is 6.49. The normalized spacial score (nSPS) is 11.9. The van der Waals surface area contributed by atoms with E-state index >= 15 is 0 Å². The molecule has 5 nitrogen and oxygen atoms in total. The molecule has 2 rings (SSSR count). The minimum atomic E-state index is -0.957. The number of carbonyl (C=O) groups excluding carboxylic acids is 1. The first kappa shape index (κ1) is 15.2. The number of carbonyl (C=O) groups is 2. The molecule has 0 unspecified atom stereocenters. The molecule has 2 N–H and O–H groups in total. The number of carboxylic acids is 1. The maximum Gasteiger partial charge on any atom is 0.305 e. The zero-order valence-corrected chi connectivity index (χ0v) is 12.6. The molecule has 2 aromatic rings. The fourth-order valence-electron chi connectivity index (χ4n) is 2.08. The molecule has 0 aliphatic heterocycles. The number of nitrogens with one attached hydrogen (secondary N) is 1. The van der Waals surface area contributed by atoms with Crippen LogP contribution in [0.4, 0.5) is 0 Å². The molecule has 1 heterocycles. The predicted octanol–water partition coefficient (Wildman–Crippen LogP) is 2.71. The van der Waals surface area contributed by atoms with Crippen molar-refractivity contribution in [1.29, 1.82) is 0 Å². The topological polar surface area (TPSA) is 79.3 Å². The minimum absolute atomic E-state index is 0.160. The molecule has 21 heavy (non-hydrogen) atoms. The molecule has 0 fully saturated rings. The van der Waals surface area contributed by atoms with Gasteiger partial charge in [0.25, 0.3) is 5.91 Å². The zero-order chi connectivity index (χ0) is 15.4. The molecule has 0 bridgehead atoms. The maximum atomic E-state index is 12.3. The molecule has 1 aromatic heterocycles. The summed E-state index contributed by atoms with van der Waals surface area (Å²) in [5.74, 6) is -1.24. The maximum absolute atomic E-state index is 12.3. The minimum Gasteiger partial charge on any atom is -0.481 e. The monoisotopic (exact) mass is 304 g/mol. The molecule has 0 saturated heterocycles. The van der Waals surface area contributed by atoms with E-state index < -0.39 is 12.0 Å². The van der Waals surface area contributed by atoms with Crippen molar-refractivity contribution in [2.45, 2.75) is 26.3 Å². The largest absolute Gasteiger partial charge is 0.481 e. The van der Waals surface area contributed by atoms with E-state index in [1.165, 1.54) is 11.3 Å². The van der Waals surface area contributed by atoms with Gasteiger partial charge in [0.05, 0.1) is 23.2 Å². The summed E-state index contributed by atoms with van der Waals surface area (Å²) < 4.78 is 0. The van der Waals surface area contributed by atoms with Crippen LogP contribution in [0.15, 0.2) is 30.3 Å². The van der Waals surface area contributed by atoms with E-state index in [1.807, 2.05) is 25.1 Å². The molecule has 0 saturated carbocycles. The summed E-state index contributed by atoms with van der Waals surface area (Å²) in [5, 5.41) is 12.6. The van der Waals surface area contributed by atoms with Crippen LogP contribution < -0.4 is 5.32 Å². The molecule has 110 valence electrons. The Balaban J connectivity index is 2.21. The number of hydrogen-bond donors (Lipinski definition) is 2. The number of aryl methyl sites for hydroxylation is 2. The summed E-state index contributed by atoms with van der Waals surface area (Å²) in [6.07, 6.45) is -0.160. The van der Waals surface area contributed by atoms with Gasteiger partial charge in [0.15, 0.2) is 0 Å². The van der Waals surface area contributed by atoms with Crippen molar-refractivity contribution in [3.05, 3.63) is 51.5 Å². The van der Waals surface area contributed by atoms with Crippen LogP contribution in [0.5, 0.6) is 0 Å². The molecule has 0 aliphatic rings. The van der Waals surface area contributed by atoms with Crippen molar-refractivity contribution in [2.75, 3.05) is 0 Å². The third-order valence-corrected chi connectivity index (χ3v) is 4.07. The number of carboxylic acid groups (broad SMARTS) is 1. The first-order valence-corrected chi connectivity index (χ1v) is 7.30. The summed E-state index contributed by atoms with van der Waals surface area (Å²) in [5.41, 5.74) is 1.43. The van der Waals surface area contributed by atoms with Crippen LogP contribution >= 0.6 is 11.3 Å². The van der Waals surface area contributed by atoms with Gasteiger partial charge in [0.2, 0.25) is 0 Å². The van der Waals surface area contributed by atoms with Gasteiger partial charge >= 0.3 is 5.97 Å². The van der Waals surface area contributed by atoms with E-state index in [2.05, 4.69) is 10.3 Å². The quantitative estimate of drug-likeness (QED) is 0.890. The average Bonchev–Trinajstić information content (AvgIpc) is 2.77. The summed E-state index contributed by atoms with van der Waals surface area (Å²) in [6, 6.07) is 8.53. The van der Waals surface area contributed by atoms with Crippen LogP contribution in [0.2, 0.25) is 0 Å². The fourth-order valence-corrected chi connectivity index (χ4v) is 2.90. The van der Waals surface area contributed by atoms with Crippen molar-refractivity contribution in [2.24, 2.45) is 0 Å². The lowest BCUT2D eigenvalue weighted by molar-refractivity contribution is -0.137. The van der Waals surface area contributed by atoms with Crippen molar-refractivity contribution in [3.8, 4) is 0 Å². The van der Waals surface area contributed by atoms with Crippen molar-refractivity contribution < 1.29 is 14.7 Å². The number of thiazole rings is 1. The SMILES string of the molecule is Cc1nc(C)c(C(=O)N[C@H](CC(=O)O)c2ccccc2)s1. The number of hydrogen-bond acceptors (Lipinski definition) is 4. The van der Waals surface area contributed by atoms with E-state index in [4.69, 9.17) is 5.11 Å². The van der Waals surface area contributed by atoms with Crippen molar-refractivity contribution in [1.82, 2.24) is 10.3 Å². The van der Waals surface area contributed by atoms with E-state index in [0.717, 1.165) is 10.6 Å². The Morgan fingerprint density at radius 3 is 2.48 bits per heavy atom. The Bertz CT molecular complexity index is 652. The molecule has 1 amide bonds. The molecule has 1 atom stereocenters. The smallest absolute Gasteiger partial charge is 0.305 e. The second kappa shape index (κ2) is 6.49. The third-order valence-electron chi connectivity index (χ3n) is 3.00. The molecule has 0 spiro atoms. The summed E-state index contributed by atoms with van der Waals surface area (Å²) in [4.78, 5) is 28.1. The van der Waals surface area contributed by atoms with Gasteiger partial charge in [-0.25, -0.2) is 4.98 Å². The lowest BCUT2D eigenvalue weighted by atomic mass is 10.0. The number of aromatic nitrogens is 1. The van der Waals surface area contributed by atoms with E-state index in [-0.39, 0.29) is 12.3 Å². The number of rotatable bonds is 5. The number of nitrogens with zero attached hydrogens (tertiary/aromatic N) is 1. The first-order chi connectivity index (χ1) is 9.97. The van der Waals surface area contributed by atoms with Crippen LogP contribution in [-0.2, 0) is 4.79 Å². The zero-order valence-electron chi connectivity index (χ0n) is 11.8. The second-order valence-electron chi connectivity index (χ2n) is 4.68. The lowest BCUT2D eigenvalue weighted by Gasteiger charge is -2.17. The van der Waals surface area contributed by atoms with Crippen LogP contribution in [0, 0.1) is 13.8 Å². The van der Waals surface area contributed by atoms with Gasteiger partial charge in [-0.1, -0.05) is 30.3 Å². The van der Waals surface area contributed by atoms with Crippen LogP contribution in [-0.4, -0.2) is 22.0 Å². The highest BCUT2D eigenvalue weighted by Gasteiger charge is 2.21. The molecular weight excluding hydrogens is 288 g/mol. The van der Waals surface area contributed by atoms with E-state index in [0.29, 0.717) is 10.6 Å². The molecule has 6 heteroatoms. The number of amides is 1. The highest BCUT2D eigenvalue weighted by atomic mass is 32.1. The molecule has 0 radical (unpaired) electrons. The van der Waals surface area contributed by atoms with Crippen molar-refractivity contribution >= 4 is 23.2 Å². The fraction of sp³-hybridized carbons (Fsp3) is 0.267. The van der Waals surface area contributed by atoms with Gasteiger partial charge in [0, 0.05) is 0 Å². The van der Waals surface area contributed by atoms with Gasteiger partial charge in [0.1, 0.15) is 4.88 Å². The Morgan fingerprint density at radius 2 is 1.95 bits per heavy atom. The molecule has 0 aliphatic carbocycles. The van der Waals surface area contributed by atoms with Crippen molar-refractivity contribution in [3.63, 3.8) is 0 Å². The Labute approximate surface area is 126 Å². The Hall–Kier alpha value is -2.21. The number of benzene rings is 1. The second-order valence-corrected chi connectivity index (χ2v) is 5.89. The third kappa shape index (κ3) is 3.88. The summed E-state index contributed by atoms with van der Waals surface area (Å²) in [7, 11) is 0. The van der Waals surface area contributed by atoms with Crippen LogP contribution in [0.3, 0.4) is 0 Å². The van der Waals surface area contributed by atoms with Gasteiger partial charge in [-0.3, -0.25) is 9.59 Å². The summed E-state index contributed by atoms with van der Waals surface area (Å²) >= 11 is 1.31. The van der Waals surface area contributed by atoms with Crippen LogP contribution in [0.1, 0.15) is 38.4 Å². The van der Waals surface area contributed by atoms with E-state index in [1.54, 1.807) is 19.1 Å². The average molecular weight is 304 g/mol. The summed E-state index contributed by atoms with van der Waals surface area (Å²) in [6.45, 7) is 3.60. The lowest BCUT2D eigenvalue weighted by Crippen LogP contribution is -2.30. The standard InChI is InChI=1S/C15H16N2O3S/c1-9-14(21-10(2)16-9)15(20)17-12(8-13(18)19)11-6-4-3-5-7-11/h3-7,12H,8H2,1-2H3,(H,17,20)(H,18,19)/t12-/m1/s1. The van der Waals surface area contributed by atoms with Gasteiger partial charge in [-0.15, -0.1) is 11.3 Å². The predicted molar refractivity (Wildman–Crippen MR) is 80.5 cm³/mol. The van der Waals surface area contributed by atoms with Gasteiger partial charge in [-0.2, -0.15) is 0 Å². The van der Waals surface area contributed by atoms with Crippen LogP contribution in [0.25, 0.3) is 0 Å². The Kier molecular flexibility index (Phi) is 4.70. The molecule has 1 aromatic carbocycles.